The molecule has 1 aromatic carbocycles. The number of halogens is 1. The van der Waals surface area contributed by atoms with Gasteiger partial charge in [-0.2, -0.15) is 0 Å². The fraction of sp³-hybridized carbons (Fsp3) is 0.0714. The van der Waals surface area contributed by atoms with Crippen molar-refractivity contribution in [2.45, 2.75) is 0 Å². The summed E-state index contributed by atoms with van der Waals surface area (Å²) in [7, 11) is 1.24. The number of fused-ring (bicyclic) bond motifs is 1. The number of imide groups is 1. The molecule has 1 aromatic heterocycles. The van der Waals surface area contributed by atoms with Crippen LogP contribution in [-0.4, -0.2) is 24.9 Å². The lowest BCUT2D eigenvalue weighted by molar-refractivity contribution is 0.0602. The second-order valence-electron chi connectivity index (χ2n) is 4.27. The molecule has 21 heavy (non-hydrogen) atoms. The first-order valence-electron chi connectivity index (χ1n) is 5.88. The van der Waals surface area contributed by atoms with E-state index in [1.165, 1.54) is 25.3 Å². The molecule has 0 atom stereocenters. The van der Waals surface area contributed by atoms with Crippen LogP contribution in [0.5, 0.6) is 0 Å². The number of carbonyl (C=O) groups is 3. The number of thiophene rings is 1. The van der Waals surface area contributed by atoms with Gasteiger partial charge in [0.1, 0.15) is 5.00 Å². The summed E-state index contributed by atoms with van der Waals surface area (Å²) in [5, 5.41) is 2.25. The average molecular weight is 322 g/mol. The number of amides is 2. The van der Waals surface area contributed by atoms with Crippen LogP contribution in [0.15, 0.2) is 29.6 Å². The smallest absolute Gasteiger partial charge is 0.340 e. The van der Waals surface area contributed by atoms with Crippen molar-refractivity contribution < 1.29 is 19.1 Å². The predicted octanol–water partition coefficient (Wildman–Crippen LogP) is 2.99. The van der Waals surface area contributed by atoms with Crippen LogP contribution in [0.1, 0.15) is 31.1 Å². The number of ether oxygens (including phenoxy) is 1. The summed E-state index contributed by atoms with van der Waals surface area (Å²) in [6.07, 6.45) is 0. The molecule has 0 bridgehead atoms. The Bertz CT molecular complexity index is 783. The molecule has 0 radical (unpaired) electrons. The minimum Gasteiger partial charge on any atom is -0.465 e. The second kappa shape index (κ2) is 4.98. The number of rotatable bonds is 2. The Morgan fingerprint density at radius 1 is 1.19 bits per heavy atom. The molecule has 1 aliphatic rings. The summed E-state index contributed by atoms with van der Waals surface area (Å²) in [5.74, 6) is -1.56. The fourth-order valence-electron chi connectivity index (χ4n) is 2.14. The molecule has 5 nitrogen and oxygen atoms in total. The lowest BCUT2D eigenvalue weighted by Gasteiger charge is -2.13. The van der Waals surface area contributed by atoms with E-state index in [0.717, 1.165) is 16.2 Å². The van der Waals surface area contributed by atoms with Gasteiger partial charge in [0.05, 0.1) is 23.8 Å². The SMILES string of the molecule is COC(=O)c1ccsc1N1C(=O)c2ccc(Cl)cc2C1=O. The van der Waals surface area contributed by atoms with Crippen molar-refractivity contribution in [3.8, 4) is 0 Å². The molecular formula is C14H8ClNO4S. The van der Waals surface area contributed by atoms with Gasteiger partial charge >= 0.3 is 5.97 Å². The van der Waals surface area contributed by atoms with E-state index in [4.69, 9.17) is 11.6 Å². The van der Waals surface area contributed by atoms with Crippen molar-refractivity contribution in [2.75, 3.05) is 12.0 Å². The third-order valence-corrected chi connectivity index (χ3v) is 4.23. The van der Waals surface area contributed by atoms with Crippen molar-refractivity contribution >= 4 is 45.7 Å². The van der Waals surface area contributed by atoms with Gasteiger partial charge in [0.25, 0.3) is 11.8 Å². The van der Waals surface area contributed by atoms with Crippen molar-refractivity contribution in [1.82, 2.24) is 0 Å². The van der Waals surface area contributed by atoms with Gasteiger partial charge < -0.3 is 4.74 Å². The number of benzene rings is 1. The van der Waals surface area contributed by atoms with Crippen molar-refractivity contribution in [3.05, 3.63) is 51.4 Å². The Labute approximate surface area is 128 Å². The molecule has 106 valence electrons. The molecular weight excluding hydrogens is 314 g/mol. The molecule has 1 aliphatic heterocycles. The molecule has 0 fully saturated rings. The molecule has 0 unspecified atom stereocenters. The Kier molecular flexibility index (Phi) is 3.27. The fourth-order valence-corrected chi connectivity index (χ4v) is 3.19. The van der Waals surface area contributed by atoms with Gasteiger partial charge in [-0.25, -0.2) is 9.69 Å². The van der Waals surface area contributed by atoms with Gasteiger partial charge in [-0.15, -0.1) is 11.3 Å². The standard InChI is InChI=1S/C14H8ClNO4S/c1-20-14(19)9-4-5-21-13(9)16-11(17)8-3-2-7(15)6-10(8)12(16)18/h2-6H,1H3. The molecule has 2 aromatic rings. The van der Waals surface area contributed by atoms with Crippen LogP contribution in [0.3, 0.4) is 0 Å². The van der Waals surface area contributed by atoms with Crippen LogP contribution in [0, 0.1) is 0 Å². The van der Waals surface area contributed by atoms with E-state index < -0.39 is 17.8 Å². The number of hydrogen-bond acceptors (Lipinski definition) is 5. The first-order chi connectivity index (χ1) is 10.0. The minimum atomic E-state index is -0.596. The van der Waals surface area contributed by atoms with Crippen molar-refractivity contribution in [1.29, 1.82) is 0 Å². The number of hydrogen-bond donors (Lipinski definition) is 0. The topological polar surface area (TPSA) is 63.7 Å². The zero-order chi connectivity index (χ0) is 15.1. The van der Waals surface area contributed by atoms with E-state index in [1.54, 1.807) is 11.4 Å². The summed E-state index contributed by atoms with van der Waals surface area (Å²) >= 11 is 6.98. The first-order valence-corrected chi connectivity index (χ1v) is 7.14. The first kappa shape index (κ1) is 13.8. The Balaban J connectivity index is 2.11. The highest BCUT2D eigenvalue weighted by Crippen LogP contribution is 2.35. The molecule has 0 aliphatic carbocycles. The minimum absolute atomic E-state index is 0.183. The summed E-state index contributed by atoms with van der Waals surface area (Å²) in [6.45, 7) is 0. The predicted molar refractivity (Wildman–Crippen MR) is 78.3 cm³/mol. The summed E-state index contributed by atoms with van der Waals surface area (Å²) < 4.78 is 4.66. The summed E-state index contributed by atoms with van der Waals surface area (Å²) in [5.41, 5.74) is 0.688. The van der Waals surface area contributed by atoms with Gasteiger partial charge in [0.15, 0.2) is 0 Å². The maximum atomic E-state index is 12.4. The van der Waals surface area contributed by atoms with Crippen LogP contribution in [-0.2, 0) is 4.74 Å². The van der Waals surface area contributed by atoms with Gasteiger partial charge in [-0.05, 0) is 29.6 Å². The molecule has 2 heterocycles. The molecule has 7 heteroatoms. The maximum absolute atomic E-state index is 12.4. The Morgan fingerprint density at radius 2 is 1.90 bits per heavy atom. The molecule has 3 rings (SSSR count). The number of esters is 1. The van der Waals surface area contributed by atoms with Gasteiger partial charge in [0, 0.05) is 5.02 Å². The molecule has 0 N–H and O–H groups in total. The highest BCUT2D eigenvalue weighted by Gasteiger charge is 2.39. The van der Waals surface area contributed by atoms with Crippen LogP contribution >= 0.6 is 22.9 Å². The van der Waals surface area contributed by atoms with Crippen molar-refractivity contribution in [3.63, 3.8) is 0 Å². The molecule has 0 spiro atoms. The van der Waals surface area contributed by atoms with E-state index in [2.05, 4.69) is 4.74 Å². The molecule has 2 amide bonds. The Hall–Kier alpha value is -2.18. The maximum Gasteiger partial charge on any atom is 0.340 e. The van der Waals surface area contributed by atoms with Gasteiger partial charge in [0.2, 0.25) is 0 Å². The lowest BCUT2D eigenvalue weighted by Crippen LogP contribution is -2.30. The third kappa shape index (κ3) is 2.03. The van der Waals surface area contributed by atoms with Crippen LogP contribution < -0.4 is 4.90 Å². The summed E-state index contributed by atoms with van der Waals surface area (Å²) in [6, 6.07) is 6.01. The van der Waals surface area contributed by atoms with E-state index in [-0.39, 0.29) is 21.7 Å². The average Bonchev–Trinajstić information content (AvgIpc) is 3.03. The zero-order valence-electron chi connectivity index (χ0n) is 10.8. The quantitative estimate of drug-likeness (QED) is 0.630. The number of carbonyl (C=O) groups excluding carboxylic acids is 3. The van der Waals surface area contributed by atoms with Gasteiger partial charge in [-0.3, -0.25) is 9.59 Å². The number of nitrogens with zero attached hydrogens (tertiary/aromatic N) is 1. The summed E-state index contributed by atoms with van der Waals surface area (Å²) in [4.78, 5) is 37.5. The third-order valence-electron chi connectivity index (χ3n) is 3.10. The van der Waals surface area contributed by atoms with E-state index in [0.29, 0.717) is 5.02 Å². The van der Waals surface area contributed by atoms with E-state index in [9.17, 15) is 14.4 Å². The van der Waals surface area contributed by atoms with Crippen LogP contribution in [0.2, 0.25) is 5.02 Å². The highest BCUT2D eigenvalue weighted by molar-refractivity contribution is 7.15. The zero-order valence-corrected chi connectivity index (χ0v) is 12.3. The van der Waals surface area contributed by atoms with Crippen molar-refractivity contribution in [2.24, 2.45) is 0 Å². The van der Waals surface area contributed by atoms with E-state index in [1.807, 2.05) is 0 Å². The largest absolute Gasteiger partial charge is 0.465 e. The number of methoxy groups -OCH3 is 1. The highest BCUT2D eigenvalue weighted by atomic mass is 35.5. The molecule has 0 saturated carbocycles. The van der Waals surface area contributed by atoms with Crippen LogP contribution in [0.25, 0.3) is 0 Å². The Morgan fingerprint density at radius 3 is 2.62 bits per heavy atom. The molecule has 0 saturated heterocycles. The van der Waals surface area contributed by atoms with Gasteiger partial charge in [-0.1, -0.05) is 11.6 Å². The number of anilines is 1. The normalized spacial score (nSPS) is 13.5. The monoisotopic (exact) mass is 321 g/mol. The van der Waals surface area contributed by atoms with E-state index >= 15 is 0 Å². The lowest BCUT2D eigenvalue weighted by atomic mass is 10.1. The second-order valence-corrected chi connectivity index (χ2v) is 5.60. The van der Waals surface area contributed by atoms with Crippen LogP contribution in [0.4, 0.5) is 5.00 Å².